The van der Waals surface area contributed by atoms with E-state index < -0.39 is 5.30 Å². The van der Waals surface area contributed by atoms with Gasteiger partial charge in [0.2, 0.25) is 0 Å². The number of carbonyl (C=O) groups is 1. The van der Waals surface area contributed by atoms with E-state index in [9.17, 15) is 4.79 Å². The number of furan rings is 1. The van der Waals surface area contributed by atoms with E-state index >= 15 is 0 Å². The van der Waals surface area contributed by atoms with Gasteiger partial charge in [-0.15, -0.1) is 0 Å². The fourth-order valence-electron chi connectivity index (χ4n) is 0.803. The molecule has 0 aliphatic carbocycles. The van der Waals surface area contributed by atoms with Crippen molar-refractivity contribution in [3.8, 4) is 0 Å². The first-order valence-electron chi connectivity index (χ1n) is 3.07. The van der Waals surface area contributed by atoms with Gasteiger partial charge in [0.15, 0.2) is 0 Å². The van der Waals surface area contributed by atoms with Gasteiger partial charge in [0.05, 0.1) is 4.90 Å². The van der Waals surface area contributed by atoms with Crippen LogP contribution < -0.4 is 0 Å². The van der Waals surface area contributed by atoms with Crippen molar-refractivity contribution >= 4 is 17.1 Å². The minimum absolute atomic E-state index is 0.662. The Morgan fingerprint density at radius 3 is 2.64 bits per heavy atom. The van der Waals surface area contributed by atoms with E-state index in [0.717, 1.165) is 17.5 Å². The van der Waals surface area contributed by atoms with Crippen LogP contribution >= 0.6 is 11.8 Å². The Morgan fingerprint density at radius 1 is 1.64 bits per heavy atom. The highest BCUT2D eigenvalue weighted by molar-refractivity contribution is 8.13. The van der Waals surface area contributed by atoms with Gasteiger partial charge in [0.1, 0.15) is 11.5 Å². The lowest BCUT2D eigenvalue weighted by Gasteiger charge is -1.89. The summed E-state index contributed by atoms with van der Waals surface area (Å²) < 4.78 is 5.13. The lowest BCUT2D eigenvalue weighted by Crippen LogP contribution is -1.81. The molecule has 0 atom stereocenters. The summed E-state index contributed by atoms with van der Waals surface area (Å²) in [6.45, 7) is 3.54. The molecular formula is C7H8O3S. The van der Waals surface area contributed by atoms with Crippen LogP contribution in [-0.4, -0.2) is 10.4 Å². The van der Waals surface area contributed by atoms with E-state index in [0.29, 0.717) is 10.7 Å². The molecule has 3 nitrogen and oxygen atoms in total. The van der Waals surface area contributed by atoms with Crippen molar-refractivity contribution < 1.29 is 14.3 Å². The summed E-state index contributed by atoms with van der Waals surface area (Å²) in [5, 5.41) is 7.51. The topological polar surface area (TPSA) is 50.4 Å². The molecule has 0 spiro atoms. The Balaban J connectivity index is 2.85. The second-order valence-electron chi connectivity index (χ2n) is 2.15. The van der Waals surface area contributed by atoms with Gasteiger partial charge in [-0.1, -0.05) is 0 Å². The number of thioether (sulfide) groups is 1. The van der Waals surface area contributed by atoms with Crippen LogP contribution in [0.25, 0.3) is 0 Å². The molecule has 60 valence electrons. The molecule has 0 fully saturated rings. The summed E-state index contributed by atoms with van der Waals surface area (Å²) in [6.07, 6.45) is 0. The molecule has 1 aromatic rings. The molecule has 0 aliphatic heterocycles. The van der Waals surface area contributed by atoms with Crippen LogP contribution in [0.2, 0.25) is 0 Å². The third-order valence-electron chi connectivity index (χ3n) is 1.19. The second-order valence-corrected chi connectivity index (χ2v) is 3.14. The van der Waals surface area contributed by atoms with Gasteiger partial charge < -0.3 is 9.52 Å². The zero-order valence-electron chi connectivity index (χ0n) is 6.25. The summed E-state index contributed by atoms with van der Waals surface area (Å²) in [7, 11) is 0. The minimum atomic E-state index is -0.908. The van der Waals surface area contributed by atoms with Gasteiger partial charge in [-0.2, -0.15) is 0 Å². The first-order chi connectivity index (χ1) is 5.09. The molecule has 0 saturated carbocycles. The predicted molar refractivity (Wildman–Crippen MR) is 42.1 cm³/mol. The molecule has 1 heterocycles. The zero-order valence-corrected chi connectivity index (χ0v) is 7.07. The summed E-state index contributed by atoms with van der Waals surface area (Å²) in [5.41, 5.74) is 0. The third kappa shape index (κ3) is 2.01. The normalized spacial score (nSPS) is 10.0. The number of hydrogen-bond donors (Lipinski definition) is 1. The van der Waals surface area contributed by atoms with Crippen molar-refractivity contribution in [2.75, 3.05) is 0 Å². The average Bonchev–Trinajstić information content (AvgIpc) is 2.09. The maximum Gasteiger partial charge on any atom is 0.369 e. The molecule has 1 aromatic heterocycles. The quantitative estimate of drug-likeness (QED) is 0.661. The second kappa shape index (κ2) is 3.00. The first kappa shape index (κ1) is 8.20. The highest BCUT2D eigenvalue weighted by Gasteiger charge is 2.08. The van der Waals surface area contributed by atoms with Gasteiger partial charge in [0, 0.05) is 0 Å². The van der Waals surface area contributed by atoms with Crippen molar-refractivity contribution in [3.05, 3.63) is 17.6 Å². The van der Waals surface area contributed by atoms with Crippen LogP contribution in [0.3, 0.4) is 0 Å². The zero-order chi connectivity index (χ0) is 8.43. The molecule has 0 radical (unpaired) electrons. The average molecular weight is 172 g/mol. The fraction of sp³-hybridized carbons (Fsp3) is 0.286. The molecule has 0 amide bonds. The maximum absolute atomic E-state index is 10.3. The molecule has 1 rings (SSSR count). The van der Waals surface area contributed by atoms with Crippen LogP contribution in [0.15, 0.2) is 15.4 Å². The van der Waals surface area contributed by atoms with Crippen LogP contribution in [0.4, 0.5) is 4.79 Å². The molecule has 0 bridgehead atoms. The third-order valence-corrected chi connectivity index (χ3v) is 1.99. The van der Waals surface area contributed by atoms with E-state index in [4.69, 9.17) is 9.52 Å². The van der Waals surface area contributed by atoms with E-state index in [-0.39, 0.29) is 0 Å². The molecule has 0 aromatic carbocycles. The van der Waals surface area contributed by atoms with Gasteiger partial charge in [-0.25, -0.2) is 4.79 Å². The van der Waals surface area contributed by atoms with Crippen molar-refractivity contribution in [1.82, 2.24) is 0 Å². The fourth-order valence-corrected chi connectivity index (χ4v) is 1.40. The predicted octanol–water partition coefficient (Wildman–Crippen LogP) is 2.67. The molecule has 11 heavy (non-hydrogen) atoms. The Kier molecular flexibility index (Phi) is 2.24. The minimum Gasteiger partial charge on any atom is -0.473 e. The molecule has 0 unspecified atom stereocenters. The summed E-state index contributed by atoms with van der Waals surface area (Å²) >= 11 is 0.769. The highest BCUT2D eigenvalue weighted by atomic mass is 32.2. The van der Waals surface area contributed by atoms with E-state index in [1.807, 2.05) is 0 Å². The Morgan fingerprint density at radius 2 is 2.27 bits per heavy atom. The molecule has 0 aliphatic rings. The maximum atomic E-state index is 10.3. The number of carboxylic acid groups (broad SMARTS) is 1. The molecule has 1 N–H and O–H groups in total. The Hall–Kier alpha value is -0.900. The standard InChI is InChI=1S/C7H8O3S/c1-4-3-6(5(2)10-4)11-7(8)9/h3H,1-2H3,(H,8,9). The molecule has 4 heteroatoms. The van der Waals surface area contributed by atoms with Crippen LogP contribution in [0.1, 0.15) is 11.5 Å². The van der Waals surface area contributed by atoms with E-state index in [1.165, 1.54) is 0 Å². The van der Waals surface area contributed by atoms with E-state index in [1.54, 1.807) is 19.9 Å². The van der Waals surface area contributed by atoms with Gasteiger partial charge in [-0.05, 0) is 31.7 Å². The van der Waals surface area contributed by atoms with Crippen LogP contribution in [0.5, 0.6) is 0 Å². The lowest BCUT2D eigenvalue weighted by atomic mass is 10.4. The van der Waals surface area contributed by atoms with Gasteiger partial charge in [0.25, 0.3) is 0 Å². The Bertz CT molecular complexity index is 277. The van der Waals surface area contributed by atoms with Gasteiger partial charge in [-0.3, -0.25) is 0 Å². The summed E-state index contributed by atoms with van der Waals surface area (Å²) in [6, 6.07) is 1.72. The van der Waals surface area contributed by atoms with Crippen molar-refractivity contribution in [1.29, 1.82) is 0 Å². The van der Waals surface area contributed by atoms with Crippen molar-refractivity contribution in [2.45, 2.75) is 18.7 Å². The number of aryl methyl sites for hydroxylation is 2. The summed E-state index contributed by atoms with van der Waals surface area (Å²) in [4.78, 5) is 10.9. The number of rotatable bonds is 1. The Labute approximate surface area is 68.4 Å². The SMILES string of the molecule is Cc1cc(SC(=O)O)c(C)o1. The van der Waals surface area contributed by atoms with Crippen LogP contribution in [-0.2, 0) is 0 Å². The lowest BCUT2D eigenvalue weighted by molar-refractivity contribution is 0.222. The smallest absolute Gasteiger partial charge is 0.369 e. The first-order valence-corrected chi connectivity index (χ1v) is 3.89. The van der Waals surface area contributed by atoms with Crippen molar-refractivity contribution in [3.63, 3.8) is 0 Å². The van der Waals surface area contributed by atoms with Crippen LogP contribution in [0, 0.1) is 13.8 Å². The molecular weight excluding hydrogens is 164 g/mol. The summed E-state index contributed by atoms with van der Waals surface area (Å²) in [5.74, 6) is 1.40. The van der Waals surface area contributed by atoms with Gasteiger partial charge >= 0.3 is 5.30 Å². The van der Waals surface area contributed by atoms with Crippen molar-refractivity contribution in [2.24, 2.45) is 0 Å². The number of hydrogen-bond acceptors (Lipinski definition) is 3. The van der Waals surface area contributed by atoms with E-state index in [2.05, 4.69) is 0 Å². The largest absolute Gasteiger partial charge is 0.473 e. The molecule has 0 saturated heterocycles. The monoisotopic (exact) mass is 172 g/mol. The highest BCUT2D eigenvalue weighted by Crippen LogP contribution is 2.25.